The van der Waals surface area contributed by atoms with Gasteiger partial charge >= 0.3 is 0 Å². The third-order valence-electron chi connectivity index (χ3n) is 4.84. The van der Waals surface area contributed by atoms with Gasteiger partial charge in [0.05, 0.1) is 7.11 Å². The van der Waals surface area contributed by atoms with Crippen LogP contribution in [0.25, 0.3) is 0 Å². The number of phenols is 1. The van der Waals surface area contributed by atoms with E-state index in [1.165, 1.54) is 5.56 Å². The number of nitrogens with zero attached hydrogens (tertiary/aromatic N) is 2. The maximum Gasteiger partial charge on any atom is 0.191 e. The lowest BCUT2D eigenvalue weighted by atomic mass is 10.1. The Balaban J connectivity index is 1.76. The SMILES string of the molecule is CN=C(NCCC(C)N(C)Cc1ccccc1)NCc1cc(OC)ccc1O. The van der Waals surface area contributed by atoms with Gasteiger partial charge in [-0.25, -0.2) is 0 Å². The second kappa shape index (κ2) is 11.2. The fraction of sp³-hybridized carbons (Fsp3) is 0.409. The van der Waals surface area contributed by atoms with Gasteiger partial charge in [0.1, 0.15) is 11.5 Å². The van der Waals surface area contributed by atoms with Gasteiger partial charge in [0.2, 0.25) is 0 Å². The van der Waals surface area contributed by atoms with Crippen LogP contribution in [-0.4, -0.2) is 49.8 Å². The normalized spacial score (nSPS) is 12.7. The van der Waals surface area contributed by atoms with E-state index < -0.39 is 0 Å². The number of benzene rings is 2. The number of phenolic OH excluding ortho intramolecular Hbond substituents is 1. The quantitative estimate of drug-likeness (QED) is 0.458. The lowest BCUT2D eigenvalue weighted by Crippen LogP contribution is -2.39. The summed E-state index contributed by atoms with van der Waals surface area (Å²) in [6.07, 6.45) is 0.994. The molecule has 0 aliphatic rings. The van der Waals surface area contributed by atoms with Gasteiger partial charge in [0.25, 0.3) is 0 Å². The molecule has 0 radical (unpaired) electrons. The van der Waals surface area contributed by atoms with Gasteiger partial charge in [0.15, 0.2) is 5.96 Å². The number of nitrogens with one attached hydrogen (secondary N) is 2. The maximum absolute atomic E-state index is 9.99. The molecule has 0 aliphatic heterocycles. The minimum Gasteiger partial charge on any atom is -0.508 e. The van der Waals surface area contributed by atoms with E-state index in [1.807, 2.05) is 12.1 Å². The summed E-state index contributed by atoms with van der Waals surface area (Å²) in [7, 11) is 5.50. The fourth-order valence-electron chi connectivity index (χ4n) is 2.88. The number of methoxy groups -OCH3 is 1. The van der Waals surface area contributed by atoms with Gasteiger partial charge in [-0.2, -0.15) is 0 Å². The van der Waals surface area contributed by atoms with E-state index in [9.17, 15) is 5.11 Å². The number of hydrogen-bond donors (Lipinski definition) is 3. The topological polar surface area (TPSA) is 69.1 Å². The number of aliphatic imine (C=N–C) groups is 1. The van der Waals surface area contributed by atoms with E-state index in [2.05, 4.69) is 58.8 Å². The molecule has 152 valence electrons. The van der Waals surface area contributed by atoms with Crippen LogP contribution in [0.2, 0.25) is 0 Å². The standard InChI is InChI=1S/C22H32N4O2/c1-17(26(3)16-18-8-6-5-7-9-18)12-13-24-22(23-2)25-15-19-14-20(28-4)10-11-21(19)27/h5-11,14,17,27H,12-13,15-16H2,1-4H3,(H2,23,24,25). The second-order valence-corrected chi connectivity index (χ2v) is 6.89. The molecule has 2 aromatic rings. The lowest BCUT2D eigenvalue weighted by molar-refractivity contribution is 0.238. The highest BCUT2D eigenvalue weighted by Gasteiger charge is 2.10. The Bertz CT molecular complexity index is 749. The fourth-order valence-corrected chi connectivity index (χ4v) is 2.88. The molecule has 2 aromatic carbocycles. The molecule has 0 saturated carbocycles. The number of hydrogen-bond acceptors (Lipinski definition) is 4. The third-order valence-corrected chi connectivity index (χ3v) is 4.84. The highest BCUT2D eigenvalue weighted by Crippen LogP contribution is 2.22. The van der Waals surface area contributed by atoms with Gasteiger partial charge in [-0.1, -0.05) is 30.3 Å². The van der Waals surface area contributed by atoms with Crippen molar-refractivity contribution in [2.45, 2.75) is 32.5 Å². The van der Waals surface area contributed by atoms with Crippen LogP contribution in [0.5, 0.6) is 11.5 Å². The predicted molar refractivity (Wildman–Crippen MR) is 115 cm³/mol. The second-order valence-electron chi connectivity index (χ2n) is 6.89. The Kier molecular flexibility index (Phi) is 8.62. The molecular weight excluding hydrogens is 352 g/mol. The molecule has 0 bridgehead atoms. The van der Waals surface area contributed by atoms with Crippen molar-refractivity contribution in [1.82, 2.24) is 15.5 Å². The Labute approximate surface area is 168 Å². The average molecular weight is 385 g/mol. The Hall–Kier alpha value is -2.73. The summed E-state index contributed by atoms with van der Waals surface area (Å²) in [4.78, 5) is 6.60. The highest BCUT2D eigenvalue weighted by atomic mass is 16.5. The van der Waals surface area contributed by atoms with E-state index in [0.29, 0.717) is 24.3 Å². The van der Waals surface area contributed by atoms with Gasteiger partial charge in [-0.3, -0.25) is 9.89 Å². The van der Waals surface area contributed by atoms with Crippen molar-refractivity contribution in [3.05, 3.63) is 59.7 Å². The van der Waals surface area contributed by atoms with Crippen molar-refractivity contribution < 1.29 is 9.84 Å². The first-order valence-electron chi connectivity index (χ1n) is 9.58. The van der Waals surface area contributed by atoms with Crippen LogP contribution in [0.15, 0.2) is 53.5 Å². The summed E-state index contributed by atoms with van der Waals surface area (Å²) in [5.41, 5.74) is 2.08. The van der Waals surface area contributed by atoms with Crippen LogP contribution in [0.1, 0.15) is 24.5 Å². The van der Waals surface area contributed by atoms with Crippen LogP contribution in [-0.2, 0) is 13.1 Å². The smallest absolute Gasteiger partial charge is 0.191 e. The van der Waals surface area contributed by atoms with Gasteiger partial charge in [0, 0.05) is 38.3 Å². The molecule has 0 saturated heterocycles. The molecular formula is C22H32N4O2. The molecule has 3 N–H and O–H groups in total. The number of ether oxygens (including phenoxy) is 1. The third kappa shape index (κ3) is 6.78. The molecule has 0 aromatic heterocycles. The number of rotatable bonds is 9. The molecule has 0 aliphatic carbocycles. The molecule has 6 heteroatoms. The lowest BCUT2D eigenvalue weighted by Gasteiger charge is -2.25. The summed E-state index contributed by atoms with van der Waals surface area (Å²) in [6.45, 7) is 4.44. The Morgan fingerprint density at radius 1 is 1.18 bits per heavy atom. The molecule has 6 nitrogen and oxygen atoms in total. The van der Waals surface area contributed by atoms with Crippen molar-refractivity contribution in [3.8, 4) is 11.5 Å². The predicted octanol–water partition coefficient (Wildman–Crippen LogP) is 2.98. The van der Waals surface area contributed by atoms with Gasteiger partial charge < -0.3 is 20.5 Å². The zero-order chi connectivity index (χ0) is 20.4. The van der Waals surface area contributed by atoms with E-state index in [4.69, 9.17) is 4.74 Å². The minimum absolute atomic E-state index is 0.236. The zero-order valence-corrected chi connectivity index (χ0v) is 17.3. The van der Waals surface area contributed by atoms with Crippen molar-refractivity contribution in [2.24, 2.45) is 4.99 Å². The molecule has 0 spiro atoms. The van der Waals surface area contributed by atoms with Crippen LogP contribution in [0.3, 0.4) is 0 Å². The van der Waals surface area contributed by atoms with Crippen LogP contribution in [0, 0.1) is 0 Å². The van der Waals surface area contributed by atoms with Crippen molar-refractivity contribution >= 4 is 5.96 Å². The van der Waals surface area contributed by atoms with Crippen LogP contribution in [0.4, 0.5) is 0 Å². The maximum atomic E-state index is 9.99. The molecule has 1 unspecified atom stereocenters. The first kappa shape index (κ1) is 21.6. The summed E-state index contributed by atoms with van der Waals surface area (Å²) < 4.78 is 5.21. The Morgan fingerprint density at radius 2 is 1.93 bits per heavy atom. The van der Waals surface area contributed by atoms with Crippen LogP contribution >= 0.6 is 0 Å². The molecule has 2 rings (SSSR count). The number of guanidine groups is 1. The average Bonchev–Trinajstić information content (AvgIpc) is 2.72. The van der Waals surface area contributed by atoms with E-state index in [0.717, 1.165) is 25.1 Å². The number of aromatic hydroxyl groups is 1. The summed E-state index contributed by atoms with van der Waals surface area (Å²) in [5, 5.41) is 16.6. The summed E-state index contributed by atoms with van der Waals surface area (Å²) in [5.74, 6) is 1.66. The summed E-state index contributed by atoms with van der Waals surface area (Å²) >= 11 is 0. The Morgan fingerprint density at radius 3 is 2.61 bits per heavy atom. The highest BCUT2D eigenvalue weighted by molar-refractivity contribution is 5.79. The van der Waals surface area contributed by atoms with E-state index in [-0.39, 0.29) is 5.75 Å². The molecule has 0 fully saturated rings. The van der Waals surface area contributed by atoms with Crippen molar-refractivity contribution in [2.75, 3.05) is 27.7 Å². The minimum atomic E-state index is 0.236. The molecule has 1 atom stereocenters. The van der Waals surface area contributed by atoms with Gasteiger partial charge in [-0.05, 0) is 44.2 Å². The summed E-state index contributed by atoms with van der Waals surface area (Å²) in [6, 6.07) is 16.1. The largest absolute Gasteiger partial charge is 0.508 e. The first-order chi connectivity index (χ1) is 13.5. The van der Waals surface area contributed by atoms with E-state index >= 15 is 0 Å². The van der Waals surface area contributed by atoms with Gasteiger partial charge in [-0.15, -0.1) is 0 Å². The van der Waals surface area contributed by atoms with Crippen LogP contribution < -0.4 is 15.4 Å². The monoisotopic (exact) mass is 384 g/mol. The first-order valence-corrected chi connectivity index (χ1v) is 9.58. The van der Waals surface area contributed by atoms with Crippen molar-refractivity contribution in [1.29, 1.82) is 0 Å². The zero-order valence-electron chi connectivity index (χ0n) is 17.3. The molecule has 28 heavy (non-hydrogen) atoms. The molecule has 0 heterocycles. The van der Waals surface area contributed by atoms with E-state index in [1.54, 1.807) is 26.3 Å². The van der Waals surface area contributed by atoms with Crippen molar-refractivity contribution in [3.63, 3.8) is 0 Å². The molecule has 0 amide bonds.